The molecule has 0 aliphatic heterocycles. The molecule has 0 spiro atoms. The molecule has 0 bridgehead atoms. The summed E-state index contributed by atoms with van der Waals surface area (Å²) in [7, 11) is 1.63. The van der Waals surface area contributed by atoms with Crippen LogP contribution in [0.2, 0.25) is 0 Å². The van der Waals surface area contributed by atoms with Crippen LogP contribution >= 0.6 is 11.6 Å². The molecule has 0 radical (unpaired) electrons. The molecule has 0 aromatic heterocycles. The lowest BCUT2D eigenvalue weighted by atomic mass is 10.0. The predicted octanol–water partition coefficient (Wildman–Crippen LogP) is 3.68. The average molecular weight is 296 g/mol. The summed E-state index contributed by atoms with van der Waals surface area (Å²) < 4.78 is 5.07. The number of alkyl halides is 1. The van der Waals surface area contributed by atoms with Crippen molar-refractivity contribution in [1.29, 1.82) is 0 Å². The Labute approximate surface area is 126 Å². The van der Waals surface area contributed by atoms with Crippen LogP contribution in [-0.2, 0) is 16.0 Å². The minimum atomic E-state index is -0.156. The Morgan fingerprint density at radius 3 is 2.70 bits per heavy atom. The Balaban J connectivity index is 3.24. The van der Waals surface area contributed by atoms with Crippen LogP contribution in [0.1, 0.15) is 24.5 Å². The van der Waals surface area contributed by atoms with E-state index in [-0.39, 0.29) is 11.8 Å². The number of carbonyl (C=O) groups excluding carboxylic acids is 1. The van der Waals surface area contributed by atoms with E-state index in [9.17, 15) is 4.79 Å². The minimum Gasteiger partial charge on any atom is -0.384 e. The van der Waals surface area contributed by atoms with Crippen molar-refractivity contribution in [1.82, 2.24) is 0 Å². The molecule has 4 heteroatoms. The van der Waals surface area contributed by atoms with Crippen LogP contribution in [0, 0.1) is 6.92 Å². The van der Waals surface area contributed by atoms with E-state index in [0.29, 0.717) is 18.7 Å². The zero-order valence-corrected chi connectivity index (χ0v) is 13.2. The summed E-state index contributed by atoms with van der Waals surface area (Å²) in [4.78, 5) is 13.9. The number of anilines is 1. The largest absolute Gasteiger partial charge is 0.384 e. The Kier molecular flexibility index (Phi) is 6.76. The van der Waals surface area contributed by atoms with Gasteiger partial charge in [0.1, 0.15) is 5.88 Å². The number of methoxy groups -OCH3 is 1. The molecular weight excluding hydrogens is 274 g/mol. The van der Waals surface area contributed by atoms with E-state index in [0.717, 1.165) is 23.2 Å². The van der Waals surface area contributed by atoms with Crippen molar-refractivity contribution >= 4 is 23.2 Å². The van der Waals surface area contributed by atoms with E-state index in [1.807, 2.05) is 25.1 Å². The van der Waals surface area contributed by atoms with E-state index in [2.05, 4.69) is 13.5 Å². The molecule has 0 aliphatic carbocycles. The molecule has 0 N–H and O–H groups in total. The number of hydrogen-bond acceptors (Lipinski definition) is 2. The molecule has 0 saturated heterocycles. The number of benzene rings is 1. The summed E-state index contributed by atoms with van der Waals surface area (Å²) in [5.74, 6) is -0.222. The van der Waals surface area contributed by atoms with Crippen LogP contribution in [-0.4, -0.2) is 25.5 Å². The fourth-order valence-corrected chi connectivity index (χ4v) is 2.30. The maximum atomic E-state index is 12.2. The number of halogens is 1. The van der Waals surface area contributed by atoms with E-state index < -0.39 is 0 Å². The lowest BCUT2D eigenvalue weighted by Crippen LogP contribution is -2.32. The second-order valence-corrected chi connectivity index (χ2v) is 4.88. The number of aryl methyl sites for hydroxylation is 2. The standard InChI is InChI=1S/C16H22ClNO2/c1-5-14-8-6-7-12(2)16(14)18(15(19)11-17)13(3)9-10-20-4/h6-8H,3,5,9-11H2,1-2,4H3. The van der Waals surface area contributed by atoms with Crippen LogP contribution < -0.4 is 4.90 Å². The number of para-hydroxylation sites is 1. The third-order valence-corrected chi connectivity index (χ3v) is 3.43. The normalized spacial score (nSPS) is 10.4. The molecule has 110 valence electrons. The first-order valence-electron chi connectivity index (χ1n) is 6.70. The van der Waals surface area contributed by atoms with Crippen LogP contribution in [0.4, 0.5) is 5.69 Å². The number of nitrogens with zero attached hydrogens (tertiary/aromatic N) is 1. The van der Waals surface area contributed by atoms with Gasteiger partial charge in [-0.1, -0.05) is 31.7 Å². The van der Waals surface area contributed by atoms with Crippen molar-refractivity contribution in [3.8, 4) is 0 Å². The first-order chi connectivity index (χ1) is 9.56. The van der Waals surface area contributed by atoms with Crippen LogP contribution in [0.25, 0.3) is 0 Å². The van der Waals surface area contributed by atoms with Crippen molar-refractivity contribution in [2.75, 3.05) is 24.5 Å². The van der Waals surface area contributed by atoms with E-state index >= 15 is 0 Å². The van der Waals surface area contributed by atoms with Gasteiger partial charge in [0.25, 0.3) is 0 Å². The molecule has 1 rings (SSSR count). The molecule has 3 nitrogen and oxygen atoms in total. The maximum Gasteiger partial charge on any atom is 0.246 e. The summed E-state index contributed by atoms with van der Waals surface area (Å²) in [6, 6.07) is 6.02. The van der Waals surface area contributed by atoms with Gasteiger partial charge in [-0.2, -0.15) is 0 Å². The average Bonchev–Trinajstić information content (AvgIpc) is 2.46. The monoisotopic (exact) mass is 295 g/mol. The van der Waals surface area contributed by atoms with Gasteiger partial charge >= 0.3 is 0 Å². The van der Waals surface area contributed by atoms with Crippen molar-refractivity contribution in [2.45, 2.75) is 26.7 Å². The smallest absolute Gasteiger partial charge is 0.246 e. The Hall–Kier alpha value is -1.32. The Bertz CT molecular complexity index is 485. The molecule has 0 aliphatic rings. The lowest BCUT2D eigenvalue weighted by molar-refractivity contribution is -0.115. The minimum absolute atomic E-state index is 0.0660. The molecule has 0 unspecified atom stereocenters. The van der Waals surface area contributed by atoms with Gasteiger partial charge in [0.15, 0.2) is 0 Å². The summed E-state index contributed by atoms with van der Waals surface area (Å²) in [5.41, 5.74) is 3.77. The van der Waals surface area contributed by atoms with Crippen molar-refractivity contribution < 1.29 is 9.53 Å². The van der Waals surface area contributed by atoms with E-state index in [1.54, 1.807) is 12.0 Å². The van der Waals surface area contributed by atoms with Crippen LogP contribution in [0.3, 0.4) is 0 Å². The topological polar surface area (TPSA) is 29.5 Å². The Morgan fingerprint density at radius 2 is 2.15 bits per heavy atom. The SMILES string of the molecule is C=C(CCOC)N(C(=O)CCl)c1c(C)cccc1CC. The van der Waals surface area contributed by atoms with Gasteiger partial charge in [0.2, 0.25) is 5.91 Å². The fourth-order valence-electron chi connectivity index (χ4n) is 2.18. The number of rotatable bonds is 7. The molecule has 20 heavy (non-hydrogen) atoms. The van der Waals surface area contributed by atoms with Crippen molar-refractivity contribution in [3.63, 3.8) is 0 Å². The molecule has 1 amide bonds. The molecule has 0 saturated carbocycles. The van der Waals surface area contributed by atoms with E-state index in [1.165, 1.54) is 0 Å². The van der Waals surface area contributed by atoms with Gasteiger partial charge in [0, 0.05) is 19.2 Å². The van der Waals surface area contributed by atoms with Crippen LogP contribution in [0.5, 0.6) is 0 Å². The quantitative estimate of drug-likeness (QED) is 0.718. The lowest BCUT2D eigenvalue weighted by Gasteiger charge is -2.28. The zero-order valence-electron chi connectivity index (χ0n) is 12.4. The molecule has 1 aromatic carbocycles. The first-order valence-corrected chi connectivity index (χ1v) is 7.24. The number of amides is 1. The van der Waals surface area contributed by atoms with Gasteiger partial charge in [-0.15, -0.1) is 11.6 Å². The van der Waals surface area contributed by atoms with Gasteiger partial charge in [-0.25, -0.2) is 0 Å². The third-order valence-electron chi connectivity index (χ3n) is 3.20. The van der Waals surface area contributed by atoms with E-state index in [4.69, 9.17) is 16.3 Å². The van der Waals surface area contributed by atoms with Gasteiger partial charge in [-0.3, -0.25) is 9.69 Å². The van der Waals surface area contributed by atoms with Gasteiger partial charge < -0.3 is 4.74 Å². The van der Waals surface area contributed by atoms with Gasteiger partial charge in [-0.05, 0) is 24.5 Å². The second kappa shape index (κ2) is 8.08. The van der Waals surface area contributed by atoms with Gasteiger partial charge in [0.05, 0.1) is 12.3 Å². The van der Waals surface area contributed by atoms with Crippen molar-refractivity contribution in [3.05, 3.63) is 41.6 Å². The molecule has 0 heterocycles. The summed E-state index contributed by atoms with van der Waals surface area (Å²) in [6.45, 7) is 8.61. The predicted molar refractivity (Wildman–Crippen MR) is 84.4 cm³/mol. The zero-order chi connectivity index (χ0) is 15.1. The first kappa shape index (κ1) is 16.7. The summed E-state index contributed by atoms with van der Waals surface area (Å²) in [5, 5.41) is 0. The summed E-state index contributed by atoms with van der Waals surface area (Å²) >= 11 is 5.76. The molecular formula is C16H22ClNO2. The second-order valence-electron chi connectivity index (χ2n) is 4.61. The number of hydrogen-bond donors (Lipinski definition) is 0. The van der Waals surface area contributed by atoms with Crippen molar-refractivity contribution in [2.24, 2.45) is 0 Å². The number of ether oxygens (including phenoxy) is 1. The molecule has 1 aromatic rings. The molecule has 0 atom stereocenters. The number of carbonyl (C=O) groups is 1. The summed E-state index contributed by atoms with van der Waals surface area (Å²) in [6.07, 6.45) is 1.44. The third kappa shape index (κ3) is 3.84. The Morgan fingerprint density at radius 1 is 1.45 bits per heavy atom. The highest BCUT2D eigenvalue weighted by molar-refractivity contribution is 6.29. The highest BCUT2D eigenvalue weighted by Gasteiger charge is 2.21. The highest BCUT2D eigenvalue weighted by Crippen LogP contribution is 2.29. The molecule has 0 fully saturated rings. The maximum absolute atomic E-state index is 12.2. The highest BCUT2D eigenvalue weighted by atomic mass is 35.5. The fraction of sp³-hybridized carbons (Fsp3) is 0.438. The van der Waals surface area contributed by atoms with Crippen LogP contribution in [0.15, 0.2) is 30.5 Å².